The van der Waals surface area contributed by atoms with Crippen LogP contribution in [0.15, 0.2) is 66.2 Å². The van der Waals surface area contributed by atoms with E-state index < -0.39 is 0 Å². The van der Waals surface area contributed by atoms with E-state index in [1.807, 2.05) is 55.1 Å². The van der Waals surface area contributed by atoms with Crippen LogP contribution in [-0.2, 0) is 0 Å². The molecule has 0 amide bonds. The van der Waals surface area contributed by atoms with E-state index >= 15 is 0 Å². The molecule has 0 N–H and O–H groups in total. The minimum Gasteiger partial charge on any atom is -0.310 e. The van der Waals surface area contributed by atoms with Crippen LogP contribution in [0.4, 0.5) is 5.82 Å². The van der Waals surface area contributed by atoms with Gasteiger partial charge >= 0.3 is 0 Å². The highest BCUT2D eigenvalue weighted by atomic mass is 35.5. The fourth-order valence-corrected chi connectivity index (χ4v) is 4.50. The van der Waals surface area contributed by atoms with Gasteiger partial charge in [0, 0.05) is 28.5 Å². The van der Waals surface area contributed by atoms with Gasteiger partial charge in [-0.3, -0.25) is 0 Å². The lowest BCUT2D eigenvalue weighted by molar-refractivity contribution is 0.546. The van der Waals surface area contributed by atoms with Crippen LogP contribution in [0.3, 0.4) is 0 Å². The highest BCUT2D eigenvalue weighted by Crippen LogP contribution is 2.37. The van der Waals surface area contributed by atoms with Gasteiger partial charge in [0.25, 0.3) is 0 Å². The Balaban J connectivity index is 1.96. The second-order valence-electron chi connectivity index (χ2n) is 8.20. The minimum atomic E-state index is -0.0701. The Morgan fingerprint density at radius 2 is 1.94 bits per heavy atom. The van der Waals surface area contributed by atoms with Gasteiger partial charge in [0.15, 0.2) is 5.82 Å². The normalized spacial score (nSPS) is 12.7. The highest BCUT2D eigenvalue weighted by molar-refractivity contribution is 6.35. The number of allylic oxidation sites excluding steroid dienone is 1. The van der Waals surface area contributed by atoms with Crippen LogP contribution < -0.4 is 0 Å². The molecule has 0 saturated carbocycles. The molecule has 32 heavy (non-hydrogen) atoms. The topological polar surface area (TPSA) is 35.1 Å². The lowest BCUT2D eigenvalue weighted by Crippen LogP contribution is -2.13. The highest BCUT2D eigenvalue weighted by Gasteiger charge is 2.24. The molecule has 0 fully saturated rings. The fourth-order valence-electron chi connectivity index (χ4n) is 4.23. The van der Waals surface area contributed by atoms with Gasteiger partial charge in [-0.2, -0.15) is 5.10 Å². The van der Waals surface area contributed by atoms with Crippen molar-refractivity contribution in [3.63, 3.8) is 0 Å². The molecule has 0 spiro atoms. The molecular weight excluding hydrogens is 416 g/mol. The van der Waals surface area contributed by atoms with Crippen molar-refractivity contribution in [2.75, 3.05) is 0 Å². The monoisotopic (exact) mass is 444 g/mol. The first-order valence-electron chi connectivity index (χ1n) is 11.1. The third kappa shape index (κ3) is 3.91. The smallest absolute Gasteiger partial charge is 0.158 e. The molecule has 1 unspecified atom stereocenters. The number of aromatic nitrogens is 3. The molecule has 2 aromatic heterocycles. The fraction of sp³-hybridized carbons (Fsp3) is 0.259. The van der Waals surface area contributed by atoms with Crippen molar-refractivity contribution in [1.82, 2.24) is 14.3 Å². The van der Waals surface area contributed by atoms with Crippen molar-refractivity contribution in [2.45, 2.75) is 46.6 Å². The van der Waals surface area contributed by atoms with Crippen LogP contribution in [0.5, 0.6) is 0 Å². The number of fused-ring (bicyclic) bond motifs is 1. The predicted octanol–water partition coefficient (Wildman–Crippen LogP) is 7.93. The van der Waals surface area contributed by atoms with Crippen LogP contribution in [0.1, 0.15) is 56.6 Å². The van der Waals surface area contributed by atoms with E-state index in [-0.39, 0.29) is 6.04 Å². The third-order valence-corrected chi connectivity index (χ3v) is 6.04. The molecule has 164 valence electrons. The van der Waals surface area contributed by atoms with Gasteiger partial charge in [-0.25, -0.2) is 9.67 Å². The van der Waals surface area contributed by atoms with Gasteiger partial charge in [0.1, 0.15) is 0 Å². The van der Waals surface area contributed by atoms with Crippen LogP contribution in [0, 0.1) is 6.92 Å². The first kappa shape index (κ1) is 22.1. The average Bonchev–Trinajstić information content (AvgIpc) is 3.33. The molecule has 2 heterocycles. The van der Waals surface area contributed by atoms with Gasteiger partial charge in [-0.05, 0) is 57.0 Å². The molecular formula is C27H29ClN4. The predicted molar refractivity (Wildman–Crippen MR) is 137 cm³/mol. The molecule has 1 atom stereocenters. The Hall–Kier alpha value is -3.11. The number of nitrogens with zero attached hydrogens (tertiary/aromatic N) is 4. The molecule has 0 aliphatic rings. The van der Waals surface area contributed by atoms with E-state index in [4.69, 9.17) is 21.7 Å². The van der Waals surface area contributed by atoms with Crippen LogP contribution in [0.25, 0.3) is 22.2 Å². The van der Waals surface area contributed by atoms with Gasteiger partial charge in [0.05, 0.1) is 22.3 Å². The summed E-state index contributed by atoms with van der Waals surface area (Å²) in [6.07, 6.45) is 3.96. The van der Waals surface area contributed by atoms with E-state index in [1.54, 1.807) is 0 Å². The summed E-state index contributed by atoms with van der Waals surface area (Å²) in [6.45, 7) is 12.5. The van der Waals surface area contributed by atoms with Gasteiger partial charge in [0.2, 0.25) is 0 Å². The first-order chi connectivity index (χ1) is 15.4. The molecule has 0 radical (unpaired) electrons. The van der Waals surface area contributed by atoms with Crippen molar-refractivity contribution in [3.8, 4) is 5.69 Å². The van der Waals surface area contributed by atoms with Crippen LogP contribution in [-0.4, -0.2) is 20.6 Å². The maximum absolute atomic E-state index is 6.68. The molecule has 2 aromatic carbocycles. The minimum absolute atomic E-state index is 0.0701. The Morgan fingerprint density at radius 3 is 2.62 bits per heavy atom. The number of aryl methyl sites for hydroxylation is 1. The van der Waals surface area contributed by atoms with Crippen LogP contribution >= 0.6 is 11.6 Å². The molecule has 4 aromatic rings. The van der Waals surface area contributed by atoms with Crippen molar-refractivity contribution in [2.24, 2.45) is 4.99 Å². The van der Waals surface area contributed by atoms with E-state index in [9.17, 15) is 0 Å². The van der Waals surface area contributed by atoms with Crippen LogP contribution in [0.2, 0.25) is 5.02 Å². The number of aliphatic imine (C=N–C) groups is 1. The number of hydrogen-bond donors (Lipinski definition) is 0. The Morgan fingerprint density at radius 1 is 1.19 bits per heavy atom. The molecule has 0 saturated heterocycles. The summed E-state index contributed by atoms with van der Waals surface area (Å²) in [5.74, 6) is 0.854. The third-order valence-electron chi connectivity index (χ3n) is 5.73. The van der Waals surface area contributed by atoms with E-state index in [0.717, 1.165) is 62.8 Å². The average molecular weight is 445 g/mol. The quantitative estimate of drug-likeness (QED) is 0.266. The van der Waals surface area contributed by atoms with Crippen molar-refractivity contribution >= 4 is 40.1 Å². The summed E-state index contributed by atoms with van der Waals surface area (Å²) in [4.78, 5) is 4.84. The second-order valence-corrected chi connectivity index (χ2v) is 8.61. The summed E-state index contributed by atoms with van der Waals surface area (Å²) in [6, 6.07) is 18.5. The lowest BCUT2D eigenvalue weighted by Gasteiger charge is -2.19. The van der Waals surface area contributed by atoms with Crippen molar-refractivity contribution in [3.05, 3.63) is 83.2 Å². The molecule has 0 aliphatic carbocycles. The molecule has 5 heteroatoms. The van der Waals surface area contributed by atoms with E-state index in [2.05, 4.69) is 49.3 Å². The number of unbranched alkanes of at least 4 members (excludes halogenated alkanes) is 1. The largest absolute Gasteiger partial charge is 0.310 e. The summed E-state index contributed by atoms with van der Waals surface area (Å²) in [5, 5.41) is 6.74. The molecule has 0 aliphatic heterocycles. The Labute approximate surface area is 194 Å². The van der Waals surface area contributed by atoms with Crippen molar-refractivity contribution in [1.29, 1.82) is 0 Å². The standard InChI is InChI=1S/C27H29ClN4/c1-6-7-16-29-27-25(18(2)3)19(4)30-32(27)20(5)24-17-21-12-11-15-23(28)26(21)31(24)22-13-9-8-10-14-22/h8-17,20H,2,6-7H2,1,3-5H3. The maximum Gasteiger partial charge on any atom is 0.158 e. The maximum atomic E-state index is 6.68. The molecule has 4 rings (SSSR count). The van der Waals surface area contributed by atoms with Gasteiger partial charge in [-0.15, -0.1) is 0 Å². The number of rotatable bonds is 7. The zero-order valence-electron chi connectivity index (χ0n) is 19.1. The second kappa shape index (κ2) is 9.17. The van der Waals surface area contributed by atoms with Gasteiger partial charge in [-0.1, -0.05) is 61.9 Å². The summed E-state index contributed by atoms with van der Waals surface area (Å²) >= 11 is 6.68. The number of hydrogen-bond acceptors (Lipinski definition) is 2. The number of halogens is 1. The summed E-state index contributed by atoms with van der Waals surface area (Å²) in [5.41, 5.74) is 6.09. The Kier molecular flexibility index (Phi) is 6.33. The molecule has 4 nitrogen and oxygen atoms in total. The first-order valence-corrected chi connectivity index (χ1v) is 11.4. The van der Waals surface area contributed by atoms with E-state index in [0.29, 0.717) is 0 Å². The molecule has 0 bridgehead atoms. The summed E-state index contributed by atoms with van der Waals surface area (Å²) < 4.78 is 4.26. The zero-order valence-corrected chi connectivity index (χ0v) is 19.9. The van der Waals surface area contributed by atoms with Crippen molar-refractivity contribution < 1.29 is 0 Å². The summed E-state index contributed by atoms with van der Waals surface area (Å²) in [7, 11) is 0. The number of benzene rings is 2. The number of para-hydroxylation sites is 2. The zero-order chi connectivity index (χ0) is 22.8. The SMILES string of the molecule is C=C(C)c1c(C)nn(C(C)c2cc3cccc(Cl)c3n2-c2ccccc2)c1N=CCCC. The van der Waals surface area contributed by atoms with E-state index in [1.165, 1.54) is 0 Å². The lowest BCUT2D eigenvalue weighted by atomic mass is 10.1. The Bertz CT molecular complexity index is 1290. The van der Waals surface area contributed by atoms with Gasteiger partial charge < -0.3 is 4.57 Å².